The summed E-state index contributed by atoms with van der Waals surface area (Å²) in [5, 5.41) is 3.43. The number of fused-ring (bicyclic) bond motifs is 1. The Labute approximate surface area is 116 Å². The van der Waals surface area contributed by atoms with E-state index in [1.807, 2.05) is 13.1 Å². The second-order valence-corrected chi connectivity index (χ2v) is 5.63. The average Bonchev–Trinajstić information content (AvgIpc) is 2.64. The van der Waals surface area contributed by atoms with Crippen molar-refractivity contribution in [2.45, 2.75) is 33.2 Å². The lowest BCUT2D eigenvalue weighted by Crippen LogP contribution is -2.26. The highest BCUT2D eigenvalue weighted by atomic mass is 16.5. The van der Waals surface area contributed by atoms with Gasteiger partial charge in [-0.1, -0.05) is 26.8 Å². The summed E-state index contributed by atoms with van der Waals surface area (Å²) in [4.78, 5) is 0. The predicted octanol–water partition coefficient (Wildman–Crippen LogP) is 3.40. The van der Waals surface area contributed by atoms with Crippen LogP contribution < -0.4 is 14.8 Å². The first-order chi connectivity index (χ1) is 9.13. The van der Waals surface area contributed by atoms with Crippen LogP contribution in [0.15, 0.2) is 18.2 Å². The van der Waals surface area contributed by atoms with E-state index in [9.17, 15) is 0 Å². The standard InChI is InChI=1S/C16H25NO2/c1-11(2)12(3)16(17-4)13-6-7-14-15(10-13)19-9-5-8-18-14/h6-7,10-12,16-17H,5,8-9H2,1-4H3. The maximum absolute atomic E-state index is 5.77. The molecule has 0 spiro atoms. The number of rotatable bonds is 4. The number of ether oxygens (including phenoxy) is 2. The molecule has 1 N–H and O–H groups in total. The van der Waals surface area contributed by atoms with E-state index in [1.165, 1.54) is 5.56 Å². The van der Waals surface area contributed by atoms with Gasteiger partial charge in [-0.3, -0.25) is 0 Å². The Morgan fingerprint density at radius 3 is 2.37 bits per heavy atom. The zero-order valence-electron chi connectivity index (χ0n) is 12.4. The number of hydrogen-bond acceptors (Lipinski definition) is 3. The first-order valence-corrected chi connectivity index (χ1v) is 7.20. The summed E-state index contributed by atoms with van der Waals surface area (Å²) >= 11 is 0. The summed E-state index contributed by atoms with van der Waals surface area (Å²) in [7, 11) is 2.02. The highest BCUT2D eigenvalue weighted by Gasteiger charge is 2.22. The Balaban J connectivity index is 2.26. The average molecular weight is 263 g/mol. The molecule has 0 fully saturated rings. The van der Waals surface area contributed by atoms with Gasteiger partial charge >= 0.3 is 0 Å². The molecule has 2 unspecified atom stereocenters. The zero-order chi connectivity index (χ0) is 13.8. The van der Waals surface area contributed by atoms with E-state index >= 15 is 0 Å². The Morgan fingerprint density at radius 2 is 1.74 bits per heavy atom. The molecule has 0 bridgehead atoms. The highest BCUT2D eigenvalue weighted by molar-refractivity contribution is 5.44. The molecule has 0 amide bonds. The van der Waals surface area contributed by atoms with Gasteiger partial charge < -0.3 is 14.8 Å². The molecule has 1 aromatic rings. The Hall–Kier alpha value is -1.22. The minimum absolute atomic E-state index is 0.345. The van der Waals surface area contributed by atoms with Crippen LogP contribution in [0.5, 0.6) is 11.5 Å². The van der Waals surface area contributed by atoms with Crippen LogP contribution in [0.2, 0.25) is 0 Å². The van der Waals surface area contributed by atoms with Crippen molar-refractivity contribution in [3.05, 3.63) is 23.8 Å². The summed E-state index contributed by atoms with van der Waals surface area (Å²) in [6.07, 6.45) is 0.946. The number of hydrogen-bond donors (Lipinski definition) is 1. The molecule has 1 aromatic carbocycles. The van der Waals surface area contributed by atoms with Crippen LogP contribution >= 0.6 is 0 Å². The van der Waals surface area contributed by atoms with Gasteiger partial charge in [0.1, 0.15) is 0 Å². The lowest BCUT2D eigenvalue weighted by molar-refractivity contribution is 0.296. The smallest absolute Gasteiger partial charge is 0.161 e. The van der Waals surface area contributed by atoms with Gasteiger partial charge in [-0.2, -0.15) is 0 Å². The van der Waals surface area contributed by atoms with Crippen LogP contribution in [0.4, 0.5) is 0 Å². The van der Waals surface area contributed by atoms with Gasteiger partial charge in [0.2, 0.25) is 0 Å². The van der Waals surface area contributed by atoms with Gasteiger partial charge in [0.05, 0.1) is 13.2 Å². The topological polar surface area (TPSA) is 30.5 Å². The second kappa shape index (κ2) is 6.29. The van der Waals surface area contributed by atoms with E-state index in [0.717, 1.165) is 31.1 Å². The van der Waals surface area contributed by atoms with Crippen LogP contribution in [0, 0.1) is 11.8 Å². The third-order valence-corrected chi connectivity index (χ3v) is 4.02. The highest BCUT2D eigenvalue weighted by Crippen LogP contribution is 2.35. The van der Waals surface area contributed by atoms with Crippen molar-refractivity contribution in [1.29, 1.82) is 0 Å². The lowest BCUT2D eigenvalue weighted by atomic mass is 9.86. The van der Waals surface area contributed by atoms with Gasteiger partial charge in [0.25, 0.3) is 0 Å². The van der Waals surface area contributed by atoms with Gasteiger partial charge in [-0.15, -0.1) is 0 Å². The summed E-state index contributed by atoms with van der Waals surface area (Å²) < 4.78 is 11.5. The van der Waals surface area contributed by atoms with Crippen molar-refractivity contribution in [3.63, 3.8) is 0 Å². The van der Waals surface area contributed by atoms with E-state index in [4.69, 9.17) is 9.47 Å². The van der Waals surface area contributed by atoms with Crippen LogP contribution in [-0.4, -0.2) is 20.3 Å². The molecule has 0 saturated heterocycles. The molecule has 0 aromatic heterocycles. The molecule has 1 aliphatic rings. The fourth-order valence-corrected chi connectivity index (χ4v) is 2.49. The summed E-state index contributed by atoms with van der Waals surface area (Å²) in [5.41, 5.74) is 1.27. The molecule has 3 heteroatoms. The monoisotopic (exact) mass is 263 g/mol. The minimum Gasteiger partial charge on any atom is -0.490 e. The Morgan fingerprint density at radius 1 is 1.05 bits per heavy atom. The SMILES string of the molecule is CNC(c1ccc2c(c1)OCCCO2)C(C)C(C)C. The molecule has 1 aliphatic heterocycles. The molecule has 3 nitrogen and oxygen atoms in total. The predicted molar refractivity (Wildman–Crippen MR) is 77.9 cm³/mol. The molecule has 0 saturated carbocycles. The Bertz CT molecular complexity index is 417. The maximum atomic E-state index is 5.77. The lowest BCUT2D eigenvalue weighted by Gasteiger charge is -2.27. The molecule has 0 radical (unpaired) electrons. The van der Waals surface area contributed by atoms with Crippen LogP contribution in [0.1, 0.15) is 38.8 Å². The molecule has 1 heterocycles. The van der Waals surface area contributed by atoms with E-state index in [2.05, 4.69) is 38.2 Å². The molecule has 2 atom stereocenters. The molecule has 106 valence electrons. The van der Waals surface area contributed by atoms with E-state index < -0.39 is 0 Å². The van der Waals surface area contributed by atoms with Crippen molar-refractivity contribution in [1.82, 2.24) is 5.32 Å². The fourth-order valence-electron chi connectivity index (χ4n) is 2.49. The van der Waals surface area contributed by atoms with E-state index in [1.54, 1.807) is 0 Å². The molecule has 0 aliphatic carbocycles. The van der Waals surface area contributed by atoms with E-state index in [-0.39, 0.29) is 0 Å². The largest absolute Gasteiger partial charge is 0.490 e. The first-order valence-electron chi connectivity index (χ1n) is 7.20. The fraction of sp³-hybridized carbons (Fsp3) is 0.625. The van der Waals surface area contributed by atoms with Crippen LogP contribution in [0.25, 0.3) is 0 Å². The molecule has 2 rings (SSSR count). The maximum Gasteiger partial charge on any atom is 0.161 e. The van der Waals surface area contributed by atoms with E-state index in [0.29, 0.717) is 17.9 Å². The first kappa shape index (κ1) is 14.2. The summed E-state index contributed by atoms with van der Waals surface area (Å²) in [6, 6.07) is 6.65. The second-order valence-electron chi connectivity index (χ2n) is 5.63. The normalized spacial score (nSPS) is 17.9. The molecule has 19 heavy (non-hydrogen) atoms. The van der Waals surface area contributed by atoms with Crippen molar-refractivity contribution >= 4 is 0 Å². The summed E-state index contributed by atoms with van der Waals surface area (Å²) in [6.45, 7) is 8.29. The molecular weight excluding hydrogens is 238 g/mol. The van der Waals surface area contributed by atoms with Crippen molar-refractivity contribution in [3.8, 4) is 11.5 Å². The van der Waals surface area contributed by atoms with Crippen molar-refractivity contribution < 1.29 is 9.47 Å². The zero-order valence-corrected chi connectivity index (χ0v) is 12.4. The molecular formula is C16H25NO2. The minimum atomic E-state index is 0.345. The van der Waals surface area contributed by atoms with Gasteiger partial charge in [-0.25, -0.2) is 0 Å². The van der Waals surface area contributed by atoms with Crippen molar-refractivity contribution in [2.75, 3.05) is 20.3 Å². The number of benzene rings is 1. The van der Waals surface area contributed by atoms with Gasteiger partial charge in [0, 0.05) is 12.5 Å². The van der Waals surface area contributed by atoms with Crippen LogP contribution in [-0.2, 0) is 0 Å². The van der Waals surface area contributed by atoms with Crippen LogP contribution in [0.3, 0.4) is 0 Å². The number of nitrogens with one attached hydrogen (secondary N) is 1. The Kier molecular flexibility index (Phi) is 4.70. The summed E-state index contributed by atoms with van der Waals surface area (Å²) in [5.74, 6) is 2.95. The third kappa shape index (κ3) is 3.21. The van der Waals surface area contributed by atoms with Gasteiger partial charge in [0.15, 0.2) is 11.5 Å². The van der Waals surface area contributed by atoms with Crippen molar-refractivity contribution in [2.24, 2.45) is 11.8 Å². The quantitative estimate of drug-likeness (QED) is 0.903. The third-order valence-electron chi connectivity index (χ3n) is 4.02. The van der Waals surface area contributed by atoms with Gasteiger partial charge in [-0.05, 0) is 36.6 Å².